The number of halogens is 3. The van der Waals surface area contributed by atoms with E-state index in [-0.39, 0.29) is 19.4 Å². The number of carbonyl (C=O) groups is 1. The molecule has 5 nitrogen and oxygen atoms in total. The normalized spacial score (nSPS) is 22.3. The first kappa shape index (κ1) is 22.3. The molecule has 2 amide bonds. The van der Waals surface area contributed by atoms with Crippen LogP contribution in [0.5, 0.6) is 0 Å². The van der Waals surface area contributed by atoms with E-state index in [2.05, 4.69) is 5.32 Å². The zero-order valence-corrected chi connectivity index (χ0v) is 16.8. The number of sulfone groups is 1. The number of likely N-dealkylation sites (tertiary alicyclic amines) is 1. The molecule has 0 aromatic heterocycles. The van der Waals surface area contributed by atoms with Gasteiger partial charge in [-0.25, -0.2) is 26.4 Å². The molecule has 0 saturated carbocycles. The molecule has 1 saturated heterocycles. The average molecular weight is 418 g/mol. The van der Waals surface area contributed by atoms with Gasteiger partial charge >= 0.3 is 6.03 Å². The summed E-state index contributed by atoms with van der Waals surface area (Å²) < 4.78 is 63.8. The number of carbonyl (C=O) groups excluding carboxylic acids is 1. The molecule has 0 bridgehead atoms. The second-order valence-electron chi connectivity index (χ2n) is 7.34. The molecule has 1 aliphatic rings. The lowest BCUT2D eigenvalue weighted by molar-refractivity contribution is -0.0686. The van der Waals surface area contributed by atoms with Crippen LogP contribution in [0.25, 0.3) is 0 Å². The van der Waals surface area contributed by atoms with Crippen LogP contribution in [-0.2, 0) is 9.84 Å². The van der Waals surface area contributed by atoms with Crippen molar-refractivity contribution in [2.45, 2.75) is 44.7 Å². The Balaban J connectivity index is 2.22. The number of urea groups is 1. The van der Waals surface area contributed by atoms with E-state index in [4.69, 9.17) is 0 Å². The van der Waals surface area contributed by atoms with E-state index in [0.717, 1.165) is 18.6 Å². The van der Waals surface area contributed by atoms with Crippen molar-refractivity contribution in [1.29, 1.82) is 0 Å². The van der Waals surface area contributed by atoms with Crippen LogP contribution in [0, 0.1) is 11.7 Å². The number of nitrogens with zero attached hydrogens (tertiary/aromatic N) is 1. The Morgan fingerprint density at radius 2 is 2.07 bits per heavy atom. The van der Waals surface area contributed by atoms with E-state index in [0.29, 0.717) is 5.56 Å². The lowest BCUT2D eigenvalue weighted by Gasteiger charge is -2.41. The number of rotatable bonds is 5. The predicted molar refractivity (Wildman–Crippen MR) is 101 cm³/mol. The Hall–Kier alpha value is -2.03. The van der Waals surface area contributed by atoms with Gasteiger partial charge in [0, 0.05) is 30.2 Å². The van der Waals surface area contributed by atoms with E-state index in [9.17, 15) is 26.4 Å². The highest BCUT2D eigenvalue weighted by atomic mass is 32.2. The largest absolute Gasteiger partial charge is 0.332 e. The van der Waals surface area contributed by atoms with E-state index < -0.39 is 45.6 Å². The quantitative estimate of drug-likeness (QED) is 0.789. The second kappa shape index (κ2) is 8.55. The molecule has 1 unspecified atom stereocenters. The smallest absolute Gasteiger partial charge is 0.318 e. The fourth-order valence-electron chi connectivity index (χ4n) is 3.29. The highest BCUT2D eigenvalue weighted by molar-refractivity contribution is 7.93. The van der Waals surface area contributed by atoms with Crippen LogP contribution >= 0.6 is 0 Å². The lowest BCUT2D eigenvalue weighted by atomic mass is 9.84. The van der Waals surface area contributed by atoms with Crippen molar-refractivity contribution < 1.29 is 26.4 Å². The number of hydrogen-bond donors (Lipinski definition) is 1. The van der Waals surface area contributed by atoms with Gasteiger partial charge < -0.3 is 10.2 Å². The Morgan fingerprint density at radius 3 is 2.64 bits per heavy atom. The van der Waals surface area contributed by atoms with Gasteiger partial charge in [-0.15, -0.1) is 0 Å². The molecule has 1 aliphatic heterocycles. The summed E-state index contributed by atoms with van der Waals surface area (Å²) in [4.78, 5) is 14.1. The molecule has 1 aromatic carbocycles. The highest BCUT2D eigenvalue weighted by Crippen LogP contribution is 2.41. The van der Waals surface area contributed by atoms with Crippen molar-refractivity contribution in [3.63, 3.8) is 0 Å². The van der Waals surface area contributed by atoms with Gasteiger partial charge in [0.1, 0.15) is 5.82 Å². The zero-order valence-electron chi connectivity index (χ0n) is 16.0. The summed E-state index contributed by atoms with van der Waals surface area (Å²) in [5.74, 6) is -4.33. The Morgan fingerprint density at radius 1 is 1.39 bits per heavy atom. The molecule has 156 valence electrons. The number of alkyl halides is 2. The Labute approximate surface area is 163 Å². The molecule has 1 fully saturated rings. The first-order valence-electron chi connectivity index (χ1n) is 8.95. The maximum atomic E-state index is 13.9. The third-order valence-corrected chi connectivity index (χ3v) is 5.43. The molecule has 1 aromatic rings. The zero-order chi connectivity index (χ0) is 21.1. The summed E-state index contributed by atoms with van der Waals surface area (Å²) in [6.07, 6.45) is 2.50. The van der Waals surface area contributed by atoms with Gasteiger partial charge in [0.05, 0.1) is 6.04 Å². The summed E-state index contributed by atoms with van der Waals surface area (Å²) in [5.41, 5.74) is 0.448. The Kier molecular flexibility index (Phi) is 6.80. The molecule has 2 rings (SSSR count). The first-order valence-corrected chi connectivity index (χ1v) is 10.9. The summed E-state index contributed by atoms with van der Waals surface area (Å²) in [6, 6.07) is 3.78. The van der Waals surface area contributed by atoms with Crippen LogP contribution in [0.4, 0.5) is 18.0 Å². The lowest BCUT2D eigenvalue weighted by Crippen LogP contribution is -2.50. The number of nitrogens with one attached hydrogen (secondary N) is 1. The fourth-order valence-corrected chi connectivity index (χ4v) is 3.81. The van der Waals surface area contributed by atoms with Crippen LogP contribution in [-0.4, -0.2) is 44.1 Å². The maximum absolute atomic E-state index is 13.9. The molecular weight excluding hydrogens is 393 g/mol. The highest BCUT2D eigenvalue weighted by Gasteiger charge is 2.42. The molecule has 28 heavy (non-hydrogen) atoms. The third kappa shape index (κ3) is 6.25. The van der Waals surface area contributed by atoms with E-state index >= 15 is 0 Å². The van der Waals surface area contributed by atoms with Gasteiger partial charge in [-0.05, 0) is 44.4 Å². The van der Waals surface area contributed by atoms with Crippen LogP contribution in [0.3, 0.4) is 0 Å². The minimum Gasteiger partial charge on any atom is -0.332 e. The van der Waals surface area contributed by atoms with Gasteiger partial charge in [0.15, 0.2) is 9.84 Å². The number of piperidine rings is 1. The summed E-state index contributed by atoms with van der Waals surface area (Å²) in [7, 11) is -3.33. The molecule has 0 radical (unpaired) electrons. The van der Waals surface area contributed by atoms with E-state index in [1.807, 2.05) is 0 Å². The van der Waals surface area contributed by atoms with Gasteiger partial charge in [-0.3, -0.25) is 0 Å². The Bertz CT molecular complexity index is 837. The van der Waals surface area contributed by atoms with E-state index in [1.165, 1.54) is 29.2 Å². The second-order valence-corrected chi connectivity index (χ2v) is 9.27. The van der Waals surface area contributed by atoms with Gasteiger partial charge in [0.2, 0.25) is 5.92 Å². The number of amides is 2. The SMILES string of the molecule is CC(/C=C/S(C)(=O)=O)NC(=O)N1CC[C@H](C(C)(F)F)C[C@@H]1c1cccc(F)c1. The van der Waals surface area contributed by atoms with Gasteiger partial charge in [-0.2, -0.15) is 0 Å². The van der Waals surface area contributed by atoms with Gasteiger partial charge in [-0.1, -0.05) is 18.2 Å². The summed E-state index contributed by atoms with van der Waals surface area (Å²) in [6.45, 7) is 2.54. The molecule has 0 spiro atoms. The van der Waals surface area contributed by atoms with Crippen LogP contribution < -0.4 is 5.32 Å². The third-order valence-electron chi connectivity index (χ3n) is 4.78. The molecule has 9 heteroatoms. The van der Waals surface area contributed by atoms with Gasteiger partial charge in [0.25, 0.3) is 0 Å². The van der Waals surface area contributed by atoms with Crippen molar-refractivity contribution in [2.75, 3.05) is 12.8 Å². The monoisotopic (exact) mass is 418 g/mol. The molecule has 3 atom stereocenters. The van der Waals surface area contributed by atoms with Crippen LogP contribution in [0.1, 0.15) is 38.3 Å². The molecule has 0 aliphatic carbocycles. The minimum absolute atomic E-state index is 0.00787. The average Bonchev–Trinajstić information content (AvgIpc) is 2.58. The summed E-state index contributed by atoms with van der Waals surface area (Å²) in [5, 5.41) is 3.64. The van der Waals surface area contributed by atoms with Crippen LogP contribution in [0.2, 0.25) is 0 Å². The number of benzene rings is 1. The predicted octanol–water partition coefficient (Wildman–Crippen LogP) is 3.89. The van der Waals surface area contributed by atoms with Crippen molar-refractivity contribution in [3.8, 4) is 0 Å². The molecule has 1 N–H and O–H groups in total. The molecular formula is C19H25F3N2O3S. The fraction of sp³-hybridized carbons (Fsp3) is 0.526. The van der Waals surface area contributed by atoms with Crippen molar-refractivity contribution in [1.82, 2.24) is 10.2 Å². The van der Waals surface area contributed by atoms with Crippen molar-refractivity contribution in [2.24, 2.45) is 5.92 Å². The molecule has 1 heterocycles. The van der Waals surface area contributed by atoms with E-state index in [1.54, 1.807) is 13.0 Å². The summed E-state index contributed by atoms with van der Waals surface area (Å²) >= 11 is 0. The standard InChI is InChI=1S/C19H25F3N2O3S/c1-13(8-10-28(3,26)27)23-18(25)24-9-7-15(19(2,21)22)12-17(24)14-5-4-6-16(20)11-14/h4-6,8,10-11,13,15,17H,7,9,12H2,1-3H3,(H,23,25)/b10-8+/t13?,15-,17+/m0/s1. The minimum atomic E-state index is -3.33. The topological polar surface area (TPSA) is 66.5 Å². The number of hydrogen-bond acceptors (Lipinski definition) is 3. The van der Waals surface area contributed by atoms with Crippen molar-refractivity contribution >= 4 is 15.9 Å². The first-order chi connectivity index (χ1) is 12.9. The maximum Gasteiger partial charge on any atom is 0.318 e. The van der Waals surface area contributed by atoms with Crippen LogP contribution in [0.15, 0.2) is 35.7 Å². The van der Waals surface area contributed by atoms with Crippen molar-refractivity contribution in [3.05, 3.63) is 47.1 Å².